The van der Waals surface area contributed by atoms with Gasteiger partial charge in [-0.05, 0) is 52.2 Å². The summed E-state index contributed by atoms with van der Waals surface area (Å²) in [5, 5.41) is 18.0. The van der Waals surface area contributed by atoms with E-state index >= 15 is 0 Å². The summed E-state index contributed by atoms with van der Waals surface area (Å²) in [6.07, 6.45) is 2.65. The number of rotatable bonds is 8. The third-order valence-corrected chi connectivity index (χ3v) is 6.05. The Kier molecular flexibility index (Phi) is 6.99. The van der Waals surface area contributed by atoms with Gasteiger partial charge in [-0.3, -0.25) is 4.79 Å². The maximum atomic E-state index is 12.7. The van der Waals surface area contributed by atoms with E-state index in [9.17, 15) is 4.79 Å². The zero-order valence-electron chi connectivity index (χ0n) is 19.2. The molecule has 2 aromatic heterocycles. The van der Waals surface area contributed by atoms with E-state index in [0.717, 1.165) is 59.6 Å². The summed E-state index contributed by atoms with van der Waals surface area (Å²) in [5.41, 5.74) is 3.76. The van der Waals surface area contributed by atoms with Crippen LogP contribution in [-0.4, -0.2) is 58.7 Å². The standard InChI is InChI=1S/C24H32N6O2/c1-4-32-15-9-13-25-24(31)19-10-8-14-29(16-19)23-22-21(17(2)26-27-23)18(3)30(28-22)20-11-6-5-7-12-20/h5-7,11-12,19H,4,8-10,13-16H2,1-3H3,(H,25,31)/t19-/m0/s1. The lowest BCUT2D eigenvalue weighted by molar-refractivity contribution is -0.125. The number of ether oxygens (including phenoxy) is 1. The van der Waals surface area contributed by atoms with Crippen LogP contribution in [0.1, 0.15) is 37.6 Å². The second kappa shape index (κ2) is 10.1. The van der Waals surface area contributed by atoms with Crippen molar-refractivity contribution in [1.29, 1.82) is 0 Å². The first-order chi connectivity index (χ1) is 15.6. The second-order valence-electron chi connectivity index (χ2n) is 8.29. The first kappa shape index (κ1) is 22.2. The molecule has 3 heterocycles. The zero-order chi connectivity index (χ0) is 22.5. The summed E-state index contributed by atoms with van der Waals surface area (Å²) < 4.78 is 7.30. The van der Waals surface area contributed by atoms with Gasteiger partial charge in [0.05, 0.1) is 28.4 Å². The van der Waals surface area contributed by atoms with Gasteiger partial charge in [0, 0.05) is 32.8 Å². The van der Waals surface area contributed by atoms with Crippen molar-refractivity contribution in [1.82, 2.24) is 25.3 Å². The van der Waals surface area contributed by atoms with Crippen LogP contribution in [0.4, 0.5) is 5.82 Å². The fourth-order valence-electron chi connectivity index (χ4n) is 4.40. The third-order valence-electron chi connectivity index (χ3n) is 6.05. The Morgan fingerprint density at radius 3 is 2.81 bits per heavy atom. The molecule has 1 atom stereocenters. The number of carbonyl (C=O) groups excluding carboxylic acids is 1. The lowest BCUT2D eigenvalue weighted by atomic mass is 9.97. The van der Waals surface area contributed by atoms with Gasteiger partial charge in [0.15, 0.2) is 5.82 Å². The minimum absolute atomic E-state index is 0.0636. The van der Waals surface area contributed by atoms with Crippen molar-refractivity contribution >= 4 is 22.6 Å². The molecule has 1 N–H and O–H groups in total. The van der Waals surface area contributed by atoms with Crippen LogP contribution in [0.3, 0.4) is 0 Å². The SMILES string of the molecule is CCOCCCNC(=O)[C@H]1CCCN(c2nnc(C)c3c(C)n(-c4ccccc4)nc23)C1. The molecule has 0 saturated carbocycles. The van der Waals surface area contributed by atoms with E-state index in [4.69, 9.17) is 9.84 Å². The molecule has 0 spiro atoms. The number of piperidine rings is 1. The number of aromatic nitrogens is 4. The quantitative estimate of drug-likeness (QED) is 0.546. The van der Waals surface area contributed by atoms with Crippen LogP contribution in [0.15, 0.2) is 30.3 Å². The largest absolute Gasteiger partial charge is 0.382 e. The van der Waals surface area contributed by atoms with Gasteiger partial charge in [-0.15, -0.1) is 5.10 Å². The summed E-state index contributed by atoms with van der Waals surface area (Å²) in [4.78, 5) is 14.9. The molecule has 0 unspecified atom stereocenters. The van der Waals surface area contributed by atoms with Crippen LogP contribution in [0.5, 0.6) is 0 Å². The average Bonchev–Trinajstić information content (AvgIpc) is 3.17. The van der Waals surface area contributed by atoms with Gasteiger partial charge in [0.25, 0.3) is 0 Å². The number of amides is 1. The number of fused-ring (bicyclic) bond motifs is 1. The summed E-state index contributed by atoms with van der Waals surface area (Å²) in [7, 11) is 0. The van der Waals surface area contributed by atoms with Crippen LogP contribution in [0.25, 0.3) is 16.6 Å². The molecule has 170 valence electrons. The van der Waals surface area contributed by atoms with Crippen LogP contribution in [-0.2, 0) is 9.53 Å². The highest BCUT2D eigenvalue weighted by molar-refractivity contribution is 5.92. The van der Waals surface area contributed by atoms with Crippen LogP contribution < -0.4 is 10.2 Å². The molecule has 1 aliphatic heterocycles. The monoisotopic (exact) mass is 436 g/mol. The molecular weight excluding hydrogens is 404 g/mol. The van der Waals surface area contributed by atoms with Crippen LogP contribution >= 0.6 is 0 Å². The van der Waals surface area contributed by atoms with E-state index < -0.39 is 0 Å². The average molecular weight is 437 g/mol. The fourth-order valence-corrected chi connectivity index (χ4v) is 4.40. The Balaban J connectivity index is 1.55. The van der Waals surface area contributed by atoms with Gasteiger partial charge in [-0.2, -0.15) is 10.2 Å². The van der Waals surface area contributed by atoms with Crippen LogP contribution in [0, 0.1) is 19.8 Å². The molecule has 32 heavy (non-hydrogen) atoms. The molecule has 0 bridgehead atoms. The number of aryl methyl sites for hydroxylation is 2. The van der Waals surface area contributed by atoms with E-state index in [1.165, 1.54) is 0 Å². The van der Waals surface area contributed by atoms with Crippen molar-refractivity contribution in [3.8, 4) is 5.69 Å². The fraction of sp³-hybridized carbons (Fsp3) is 0.500. The molecule has 1 amide bonds. The van der Waals surface area contributed by atoms with Crippen molar-refractivity contribution in [2.75, 3.05) is 37.7 Å². The molecule has 0 radical (unpaired) electrons. The number of anilines is 1. The van der Waals surface area contributed by atoms with Crippen molar-refractivity contribution in [2.24, 2.45) is 5.92 Å². The van der Waals surface area contributed by atoms with E-state index in [1.54, 1.807) is 0 Å². The summed E-state index contributed by atoms with van der Waals surface area (Å²) in [6, 6.07) is 10.1. The maximum Gasteiger partial charge on any atom is 0.224 e. The molecule has 8 nitrogen and oxygen atoms in total. The molecule has 8 heteroatoms. The van der Waals surface area contributed by atoms with Crippen molar-refractivity contribution < 1.29 is 9.53 Å². The first-order valence-electron chi connectivity index (χ1n) is 11.5. The molecule has 0 aliphatic carbocycles. The lowest BCUT2D eigenvalue weighted by Crippen LogP contribution is -2.43. The highest BCUT2D eigenvalue weighted by Gasteiger charge is 2.29. The van der Waals surface area contributed by atoms with Crippen LogP contribution in [0.2, 0.25) is 0 Å². The Bertz CT molecular complexity index is 1070. The summed E-state index contributed by atoms with van der Waals surface area (Å²) in [5.74, 6) is 0.803. The first-order valence-corrected chi connectivity index (χ1v) is 11.5. The third kappa shape index (κ3) is 4.60. The van der Waals surface area contributed by atoms with Gasteiger partial charge in [-0.25, -0.2) is 4.68 Å². The van der Waals surface area contributed by atoms with Gasteiger partial charge < -0.3 is 15.0 Å². The Morgan fingerprint density at radius 1 is 1.22 bits per heavy atom. The molecule has 1 saturated heterocycles. The zero-order valence-corrected chi connectivity index (χ0v) is 19.2. The van der Waals surface area contributed by atoms with Gasteiger partial charge in [0.2, 0.25) is 5.91 Å². The number of nitrogens with one attached hydrogen (secondary N) is 1. The predicted molar refractivity (Wildman–Crippen MR) is 125 cm³/mol. The number of benzene rings is 1. The number of para-hydroxylation sites is 1. The number of hydrogen-bond donors (Lipinski definition) is 1. The van der Waals surface area contributed by atoms with Gasteiger partial charge in [-0.1, -0.05) is 18.2 Å². The van der Waals surface area contributed by atoms with Crippen molar-refractivity contribution in [3.05, 3.63) is 41.7 Å². The Morgan fingerprint density at radius 2 is 2.03 bits per heavy atom. The van der Waals surface area contributed by atoms with Gasteiger partial charge >= 0.3 is 0 Å². The molecular formula is C24H32N6O2. The Hall–Kier alpha value is -3.00. The normalized spacial score (nSPS) is 16.5. The number of carbonyl (C=O) groups is 1. The molecule has 1 aromatic carbocycles. The van der Waals surface area contributed by atoms with Crippen molar-refractivity contribution in [2.45, 2.75) is 40.0 Å². The van der Waals surface area contributed by atoms with E-state index in [-0.39, 0.29) is 11.8 Å². The minimum atomic E-state index is -0.0636. The smallest absolute Gasteiger partial charge is 0.224 e. The predicted octanol–water partition coefficient (Wildman–Crippen LogP) is 3.19. The Labute approximate surface area is 189 Å². The molecule has 1 aliphatic rings. The summed E-state index contributed by atoms with van der Waals surface area (Å²) >= 11 is 0. The highest BCUT2D eigenvalue weighted by Crippen LogP contribution is 2.31. The molecule has 3 aromatic rings. The lowest BCUT2D eigenvalue weighted by Gasteiger charge is -2.32. The van der Waals surface area contributed by atoms with Gasteiger partial charge in [0.1, 0.15) is 5.52 Å². The highest BCUT2D eigenvalue weighted by atomic mass is 16.5. The summed E-state index contributed by atoms with van der Waals surface area (Å²) in [6.45, 7) is 9.51. The molecule has 4 rings (SSSR count). The van der Waals surface area contributed by atoms with Crippen molar-refractivity contribution in [3.63, 3.8) is 0 Å². The molecule has 1 fully saturated rings. The van der Waals surface area contributed by atoms with E-state index in [1.807, 2.05) is 48.9 Å². The number of hydrogen-bond acceptors (Lipinski definition) is 6. The topological polar surface area (TPSA) is 85.2 Å². The number of nitrogens with zero attached hydrogens (tertiary/aromatic N) is 5. The van der Waals surface area contributed by atoms with E-state index in [2.05, 4.69) is 27.3 Å². The second-order valence-corrected chi connectivity index (χ2v) is 8.29. The van der Waals surface area contributed by atoms with E-state index in [0.29, 0.717) is 26.3 Å². The maximum absolute atomic E-state index is 12.7. The minimum Gasteiger partial charge on any atom is -0.382 e.